The van der Waals surface area contributed by atoms with E-state index in [1.54, 1.807) is 54.0 Å². The number of halogens is 1. The van der Waals surface area contributed by atoms with E-state index in [-0.39, 0.29) is 18.1 Å². The molecule has 4 heterocycles. The molecule has 8 heteroatoms. The monoisotopic (exact) mass is 409 g/mol. The van der Waals surface area contributed by atoms with Gasteiger partial charge in [-0.05, 0) is 44.0 Å². The number of likely N-dealkylation sites (tertiary alicyclic amines) is 1. The highest BCUT2D eigenvalue weighted by Gasteiger charge is 2.34. The molecule has 0 N–H and O–H groups in total. The molecule has 0 radical (unpaired) electrons. The highest BCUT2D eigenvalue weighted by atomic mass is 35.5. The number of aromatic nitrogens is 4. The third-order valence-electron chi connectivity index (χ3n) is 4.97. The number of amides is 1. The normalized spacial score (nSPS) is 19.0. The lowest BCUT2D eigenvalue weighted by Gasteiger charge is -2.39. The van der Waals surface area contributed by atoms with E-state index in [9.17, 15) is 4.79 Å². The Labute approximate surface area is 173 Å². The first-order valence-electron chi connectivity index (χ1n) is 9.45. The number of piperidine rings is 1. The van der Waals surface area contributed by atoms with E-state index < -0.39 is 0 Å². The van der Waals surface area contributed by atoms with Crippen LogP contribution in [0.5, 0.6) is 5.88 Å². The molecule has 1 fully saturated rings. The van der Waals surface area contributed by atoms with Crippen LogP contribution in [-0.4, -0.2) is 49.4 Å². The fourth-order valence-corrected chi connectivity index (χ4v) is 3.58. The second-order valence-electron chi connectivity index (χ2n) is 6.82. The smallest absolute Gasteiger partial charge is 0.273 e. The van der Waals surface area contributed by atoms with Crippen LogP contribution in [0.4, 0.5) is 0 Å². The molecule has 1 aliphatic rings. The molecule has 3 aromatic rings. The van der Waals surface area contributed by atoms with Gasteiger partial charge in [-0.1, -0.05) is 11.6 Å². The first-order valence-corrected chi connectivity index (χ1v) is 9.83. The van der Waals surface area contributed by atoms with E-state index in [4.69, 9.17) is 16.3 Å². The van der Waals surface area contributed by atoms with Crippen molar-refractivity contribution in [2.75, 3.05) is 6.54 Å². The third kappa shape index (κ3) is 4.19. The molecule has 0 aliphatic carbocycles. The largest absolute Gasteiger partial charge is 0.472 e. The van der Waals surface area contributed by atoms with Crippen LogP contribution < -0.4 is 4.74 Å². The van der Waals surface area contributed by atoms with Crippen molar-refractivity contribution in [2.24, 2.45) is 0 Å². The molecule has 1 amide bonds. The van der Waals surface area contributed by atoms with Gasteiger partial charge in [0.05, 0.1) is 16.6 Å². The van der Waals surface area contributed by atoms with Gasteiger partial charge in [-0.3, -0.25) is 9.78 Å². The van der Waals surface area contributed by atoms with Crippen molar-refractivity contribution in [3.8, 4) is 17.3 Å². The van der Waals surface area contributed by atoms with Crippen molar-refractivity contribution in [3.05, 3.63) is 65.8 Å². The Kier molecular flexibility index (Phi) is 5.67. The summed E-state index contributed by atoms with van der Waals surface area (Å²) in [5.41, 5.74) is 0.962. The lowest BCUT2D eigenvalue weighted by molar-refractivity contribution is 0.0262. The molecule has 148 valence electrons. The average Bonchev–Trinajstić information content (AvgIpc) is 2.77. The zero-order valence-electron chi connectivity index (χ0n) is 15.9. The van der Waals surface area contributed by atoms with Crippen LogP contribution in [0.1, 0.15) is 30.3 Å². The van der Waals surface area contributed by atoms with Gasteiger partial charge < -0.3 is 9.64 Å². The van der Waals surface area contributed by atoms with Crippen LogP contribution in [0.25, 0.3) is 11.4 Å². The zero-order valence-corrected chi connectivity index (χ0v) is 16.7. The van der Waals surface area contributed by atoms with Gasteiger partial charge in [0.25, 0.3) is 5.91 Å². The Morgan fingerprint density at radius 1 is 1.10 bits per heavy atom. The predicted molar refractivity (Wildman–Crippen MR) is 109 cm³/mol. The van der Waals surface area contributed by atoms with Gasteiger partial charge in [0.1, 0.15) is 11.8 Å². The summed E-state index contributed by atoms with van der Waals surface area (Å²) in [6.45, 7) is 2.62. The van der Waals surface area contributed by atoms with Crippen molar-refractivity contribution < 1.29 is 9.53 Å². The number of hydrogen-bond donors (Lipinski definition) is 0. The maximum absolute atomic E-state index is 13.4. The molecule has 1 aliphatic heterocycles. The Bertz CT molecular complexity index is 984. The molecule has 3 aromatic heterocycles. The molecular weight excluding hydrogens is 390 g/mol. The van der Waals surface area contributed by atoms with Crippen LogP contribution in [-0.2, 0) is 0 Å². The topological polar surface area (TPSA) is 81.1 Å². The van der Waals surface area contributed by atoms with Crippen LogP contribution in [0, 0.1) is 0 Å². The van der Waals surface area contributed by atoms with Crippen molar-refractivity contribution in [1.82, 2.24) is 24.8 Å². The number of carbonyl (C=O) groups is 1. The van der Waals surface area contributed by atoms with Gasteiger partial charge in [-0.2, -0.15) is 0 Å². The van der Waals surface area contributed by atoms with Crippen LogP contribution in [0.15, 0.2) is 55.1 Å². The fraction of sp³-hybridized carbons (Fsp3) is 0.286. The van der Waals surface area contributed by atoms with E-state index in [1.165, 1.54) is 0 Å². The van der Waals surface area contributed by atoms with Gasteiger partial charge in [-0.25, -0.2) is 15.0 Å². The number of hydrogen-bond acceptors (Lipinski definition) is 6. The first kappa shape index (κ1) is 19.3. The van der Waals surface area contributed by atoms with E-state index in [0.29, 0.717) is 34.5 Å². The summed E-state index contributed by atoms with van der Waals surface area (Å²) < 4.78 is 6.04. The summed E-state index contributed by atoms with van der Waals surface area (Å²) in [6, 6.07) is 8.66. The SMILES string of the molecule is C[C@H]1[C@H](Oc2ccc(Cl)cn2)CCCN1C(=O)c1ncccc1-c1ncccn1. The number of rotatable bonds is 4. The van der Waals surface area contributed by atoms with Crippen LogP contribution >= 0.6 is 11.6 Å². The van der Waals surface area contributed by atoms with Gasteiger partial charge in [-0.15, -0.1) is 0 Å². The molecule has 7 nitrogen and oxygen atoms in total. The summed E-state index contributed by atoms with van der Waals surface area (Å²) in [6.07, 6.45) is 7.96. The van der Waals surface area contributed by atoms with Crippen molar-refractivity contribution >= 4 is 17.5 Å². The maximum atomic E-state index is 13.4. The molecule has 0 bridgehead atoms. The molecule has 0 saturated carbocycles. The standard InChI is InChI=1S/C21H20ClN5O2/c1-14-17(29-18-8-7-15(22)13-26-18)6-3-12-27(14)21(28)19-16(5-2-9-23-19)20-24-10-4-11-25-20/h2,4-5,7-11,13-14,17H,3,6,12H2,1H3/t14-,17+/m0/s1. The fourth-order valence-electron chi connectivity index (χ4n) is 3.47. The van der Waals surface area contributed by atoms with Crippen LogP contribution in [0.3, 0.4) is 0 Å². The Morgan fingerprint density at radius 2 is 1.90 bits per heavy atom. The molecule has 2 atom stereocenters. The van der Waals surface area contributed by atoms with E-state index in [0.717, 1.165) is 12.8 Å². The molecule has 0 unspecified atom stereocenters. The lowest BCUT2D eigenvalue weighted by atomic mass is 9.99. The third-order valence-corrected chi connectivity index (χ3v) is 5.19. The van der Waals surface area contributed by atoms with Gasteiger partial charge in [0, 0.05) is 37.4 Å². The second-order valence-corrected chi connectivity index (χ2v) is 7.26. The van der Waals surface area contributed by atoms with E-state index in [1.807, 2.05) is 13.0 Å². The minimum Gasteiger partial charge on any atom is -0.472 e. The molecule has 1 saturated heterocycles. The Balaban J connectivity index is 1.57. The van der Waals surface area contributed by atoms with Gasteiger partial charge in [0.15, 0.2) is 5.82 Å². The molecular formula is C21H20ClN5O2. The molecule has 4 rings (SSSR count). The molecule has 0 spiro atoms. The minimum absolute atomic E-state index is 0.139. The van der Waals surface area contributed by atoms with E-state index >= 15 is 0 Å². The maximum Gasteiger partial charge on any atom is 0.273 e. The minimum atomic E-state index is -0.165. The number of nitrogens with zero attached hydrogens (tertiary/aromatic N) is 5. The molecule has 0 aromatic carbocycles. The quantitative estimate of drug-likeness (QED) is 0.654. The Hall–Kier alpha value is -3.06. The summed E-state index contributed by atoms with van der Waals surface area (Å²) in [5.74, 6) is 0.821. The van der Waals surface area contributed by atoms with Crippen molar-refractivity contribution in [2.45, 2.75) is 31.9 Å². The van der Waals surface area contributed by atoms with Crippen molar-refractivity contribution in [3.63, 3.8) is 0 Å². The van der Waals surface area contributed by atoms with E-state index in [2.05, 4.69) is 19.9 Å². The molecule has 29 heavy (non-hydrogen) atoms. The van der Waals surface area contributed by atoms with Crippen LogP contribution in [0.2, 0.25) is 5.02 Å². The van der Waals surface area contributed by atoms with Crippen molar-refractivity contribution in [1.29, 1.82) is 0 Å². The Morgan fingerprint density at radius 3 is 2.66 bits per heavy atom. The summed E-state index contributed by atoms with van der Waals surface area (Å²) in [4.78, 5) is 32.3. The lowest BCUT2D eigenvalue weighted by Crippen LogP contribution is -2.51. The summed E-state index contributed by atoms with van der Waals surface area (Å²) in [7, 11) is 0. The number of carbonyl (C=O) groups excluding carboxylic acids is 1. The number of pyridine rings is 2. The van der Waals surface area contributed by atoms with Gasteiger partial charge in [0.2, 0.25) is 5.88 Å². The zero-order chi connectivity index (χ0) is 20.2. The number of ether oxygens (including phenoxy) is 1. The average molecular weight is 410 g/mol. The summed E-state index contributed by atoms with van der Waals surface area (Å²) >= 11 is 5.89. The van der Waals surface area contributed by atoms with Gasteiger partial charge >= 0.3 is 0 Å². The summed E-state index contributed by atoms with van der Waals surface area (Å²) in [5, 5.41) is 0.552. The highest BCUT2D eigenvalue weighted by Crippen LogP contribution is 2.26. The predicted octanol–water partition coefficient (Wildman–Crippen LogP) is 3.66. The highest BCUT2D eigenvalue weighted by molar-refractivity contribution is 6.30. The first-order chi connectivity index (χ1) is 14.1. The second kappa shape index (κ2) is 8.53.